The minimum atomic E-state index is -0.627. The lowest BCUT2D eigenvalue weighted by Gasteiger charge is -2.19. The van der Waals surface area contributed by atoms with Gasteiger partial charge in [-0.25, -0.2) is 4.79 Å². The number of nitrogens with one attached hydrogen (secondary N) is 2. The van der Waals surface area contributed by atoms with Crippen molar-refractivity contribution in [1.82, 2.24) is 5.32 Å². The third kappa shape index (κ3) is 3.69. The number of rotatable bonds is 5. The van der Waals surface area contributed by atoms with Crippen LogP contribution in [0.4, 0.5) is 10.5 Å². The Bertz CT molecular complexity index is 763. The van der Waals surface area contributed by atoms with Crippen LogP contribution in [-0.4, -0.2) is 31.0 Å². The number of methoxy groups -OCH3 is 1. The first-order valence-corrected chi connectivity index (χ1v) is 8.26. The third-order valence-corrected chi connectivity index (χ3v) is 4.21. The fraction of sp³-hybridized carbons (Fsp3) is 0.316. The van der Waals surface area contributed by atoms with Crippen molar-refractivity contribution in [3.8, 4) is 11.5 Å². The number of aliphatic hydroxyl groups excluding tert-OH is 1. The Morgan fingerprint density at radius 2 is 2.04 bits per heavy atom. The number of hydrogen-bond donors (Lipinski definition) is 3. The number of carbonyl (C=O) groups excluding carboxylic acids is 1. The van der Waals surface area contributed by atoms with Crippen LogP contribution in [0, 0.1) is 0 Å². The average molecular weight is 342 g/mol. The molecule has 6 heteroatoms. The monoisotopic (exact) mass is 342 g/mol. The zero-order valence-corrected chi connectivity index (χ0v) is 14.3. The second kappa shape index (κ2) is 7.44. The molecule has 1 aliphatic carbocycles. The van der Waals surface area contributed by atoms with Gasteiger partial charge in [-0.05, 0) is 30.2 Å². The molecule has 0 heterocycles. The van der Waals surface area contributed by atoms with Gasteiger partial charge in [0.05, 0.1) is 25.9 Å². The van der Waals surface area contributed by atoms with E-state index in [9.17, 15) is 9.90 Å². The lowest BCUT2D eigenvalue weighted by Crippen LogP contribution is -2.36. The highest BCUT2D eigenvalue weighted by atomic mass is 16.5. The number of hydrogen-bond acceptors (Lipinski definition) is 4. The summed E-state index contributed by atoms with van der Waals surface area (Å²) in [6, 6.07) is 12.1. The number of ether oxygens (including phenoxy) is 2. The quantitative estimate of drug-likeness (QED) is 0.781. The number of urea groups is 1. The Morgan fingerprint density at radius 1 is 1.24 bits per heavy atom. The zero-order chi connectivity index (χ0) is 17.8. The predicted molar refractivity (Wildman–Crippen MR) is 95.2 cm³/mol. The second-order valence-corrected chi connectivity index (χ2v) is 5.85. The van der Waals surface area contributed by atoms with E-state index in [1.165, 1.54) is 0 Å². The van der Waals surface area contributed by atoms with Crippen molar-refractivity contribution in [1.29, 1.82) is 0 Å². The number of fused-ring (bicyclic) bond motifs is 1. The van der Waals surface area contributed by atoms with Gasteiger partial charge in [0.25, 0.3) is 0 Å². The molecule has 2 atom stereocenters. The van der Waals surface area contributed by atoms with Gasteiger partial charge < -0.3 is 25.2 Å². The molecule has 0 aromatic heterocycles. The molecule has 0 radical (unpaired) electrons. The molecule has 2 aromatic carbocycles. The Kier molecular flexibility index (Phi) is 5.09. The highest BCUT2D eigenvalue weighted by molar-refractivity contribution is 5.90. The Balaban J connectivity index is 1.70. The van der Waals surface area contributed by atoms with E-state index in [0.29, 0.717) is 30.2 Å². The molecule has 3 rings (SSSR count). The van der Waals surface area contributed by atoms with E-state index in [2.05, 4.69) is 10.6 Å². The highest BCUT2D eigenvalue weighted by Gasteiger charge is 2.31. The summed E-state index contributed by atoms with van der Waals surface area (Å²) in [4.78, 5) is 12.3. The molecular weight excluding hydrogens is 320 g/mol. The summed E-state index contributed by atoms with van der Waals surface area (Å²) in [7, 11) is 1.57. The molecule has 2 amide bonds. The van der Waals surface area contributed by atoms with Gasteiger partial charge in [0.15, 0.2) is 11.5 Å². The van der Waals surface area contributed by atoms with Gasteiger partial charge >= 0.3 is 6.03 Å². The van der Waals surface area contributed by atoms with Crippen LogP contribution in [0.25, 0.3) is 0 Å². The lowest BCUT2D eigenvalue weighted by atomic mass is 10.1. The maximum absolute atomic E-state index is 12.3. The molecule has 3 N–H and O–H groups in total. The van der Waals surface area contributed by atoms with Gasteiger partial charge in [0.1, 0.15) is 0 Å². The molecule has 0 fully saturated rings. The number of benzene rings is 2. The Labute approximate surface area is 146 Å². The summed E-state index contributed by atoms with van der Waals surface area (Å²) in [6.45, 7) is 2.38. The van der Waals surface area contributed by atoms with Gasteiger partial charge in [0.2, 0.25) is 0 Å². The van der Waals surface area contributed by atoms with Crippen LogP contribution in [0.2, 0.25) is 0 Å². The van der Waals surface area contributed by atoms with E-state index < -0.39 is 12.1 Å². The van der Waals surface area contributed by atoms with Crippen molar-refractivity contribution < 1.29 is 19.4 Å². The van der Waals surface area contributed by atoms with Gasteiger partial charge in [-0.1, -0.05) is 24.3 Å². The van der Waals surface area contributed by atoms with E-state index in [0.717, 1.165) is 11.1 Å². The Morgan fingerprint density at radius 3 is 2.80 bits per heavy atom. The normalized spacial score (nSPS) is 18.4. The van der Waals surface area contributed by atoms with Crippen molar-refractivity contribution in [2.24, 2.45) is 0 Å². The molecule has 0 aliphatic heterocycles. The predicted octanol–water partition coefficient (Wildman–Crippen LogP) is 2.87. The van der Waals surface area contributed by atoms with E-state index in [1.807, 2.05) is 31.2 Å². The van der Waals surface area contributed by atoms with E-state index in [4.69, 9.17) is 9.47 Å². The molecule has 25 heavy (non-hydrogen) atoms. The number of amides is 2. The molecule has 0 unspecified atom stereocenters. The van der Waals surface area contributed by atoms with Crippen LogP contribution in [0.1, 0.15) is 24.1 Å². The SMILES string of the molecule is CCOc1cc(NC(=O)N[C@@H]2c3ccccc3C[C@@H]2O)ccc1OC. The molecule has 0 saturated heterocycles. The molecule has 0 spiro atoms. The number of carbonyl (C=O) groups is 1. The van der Waals surface area contributed by atoms with Crippen LogP contribution in [0.5, 0.6) is 11.5 Å². The maximum atomic E-state index is 12.3. The summed E-state index contributed by atoms with van der Waals surface area (Å²) in [6.07, 6.45) is -0.0870. The second-order valence-electron chi connectivity index (χ2n) is 5.85. The number of anilines is 1. The fourth-order valence-electron chi connectivity index (χ4n) is 3.08. The topological polar surface area (TPSA) is 79.8 Å². The smallest absolute Gasteiger partial charge is 0.319 e. The highest BCUT2D eigenvalue weighted by Crippen LogP contribution is 2.32. The van der Waals surface area contributed by atoms with E-state index in [-0.39, 0.29) is 6.03 Å². The van der Waals surface area contributed by atoms with E-state index >= 15 is 0 Å². The van der Waals surface area contributed by atoms with Crippen molar-refractivity contribution in [2.75, 3.05) is 19.0 Å². The van der Waals surface area contributed by atoms with Crippen molar-refractivity contribution in [2.45, 2.75) is 25.5 Å². The van der Waals surface area contributed by atoms with Crippen molar-refractivity contribution in [3.05, 3.63) is 53.6 Å². The molecule has 0 bridgehead atoms. The van der Waals surface area contributed by atoms with E-state index in [1.54, 1.807) is 25.3 Å². The first kappa shape index (κ1) is 17.1. The minimum absolute atomic E-state index is 0.381. The largest absolute Gasteiger partial charge is 0.493 e. The summed E-state index contributed by atoms with van der Waals surface area (Å²) in [5, 5.41) is 15.8. The summed E-state index contributed by atoms with van der Waals surface area (Å²) < 4.78 is 10.7. The number of aliphatic hydroxyl groups is 1. The first-order valence-electron chi connectivity index (χ1n) is 8.26. The van der Waals surface area contributed by atoms with Crippen LogP contribution < -0.4 is 20.1 Å². The van der Waals surface area contributed by atoms with Crippen molar-refractivity contribution >= 4 is 11.7 Å². The summed E-state index contributed by atoms with van der Waals surface area (Å²) in [5.74, 6) is 1.17. The Hall–Kier alpha value is -2.73. The molecular formula is C19H22N2O4. The summed E-state index contributed by atoms with van der Waals surface area (Å²) >= 11 is 0. The zero-order valence-electron chi connectivity index (χ0n) is 14.3. The molecule has 132 valence electrons. The molecule has 1 aliphatic rings. The van der Waals surface area contributed by atoms with Gasteiger partial charge in [-0.2, -0.15) is 0 Å². The van der Waals surface area contributed by atoms with Crippen LogP contribution in [0.3, 0.4) is 0 Å². The van der Waals surface area contributed by atoms with Crippen molar-refractivity contribution in [3.63, 3.8) is 0 Å². The standard InChI is InChI=1S/C19H22N2O4/c1-3-25-17-11-13(8-9-16(17)24-2)20-19(23)21-18-14-7-5-4-6-12(14)10-15(18)22/h4-9,11,15,18,22H,3,10H2,1-2H3,(H2,20,21,23)/t15-,18+/m0/s1. The molecule has 0 saturated carbocycles. The average Bonchev–Trinajstić information content (AvgIpc) is 2.91. The molecule has 6 nitrogen and oxygen atoms in total. The molecule has 2 aromatic rings. The van der Waals surface area contributed by atoms with Crippen LogP contribution in [0.15, 0.2) is 42.5 Å². The van der Waals surface area contributed by atoms with Gasteiger partial charge in [0, 0.05) is 18.2 Å². The maximum Gasteiger partial charge on any atom is 0.319 e. The van der Waals surface area contributed by atoms with Crippen LogP contribution >= 0.6 is 0 Å². The van der Waals surface area contributed by atoms with Gasteiger partial charge in [-0.3, -0.25) is 0 Å². The first-order chi connectivity index (χ1) is 12.1. The lowest BCUT2D eigenvalue weighted by molar-refractivity contribution is 0.144. The van der Waals surface area contributed by atoms with Gasteiger partial charge in [-0.15, -0.1) is 0 Å². The summed E-state index contributed by atoms with van der Waals surface area (Å²) in [5.41, 5.74) is 2.60. The third-order valence-electron chi connectivity index (χ3n) is 4.21. The van der Waals surface area contributed by atoms with Crippen LogP contribution in [-0.2, 0) is 6.42 Å². The minimum Gasteiger partial charge on any atom is -0.493 e. The fourth-order valence-corrected chi connectivity index (χ4v) is 3.08.